The quantitative estimate of drug-likeness (QED) is 0.725. The molecule has 1 rings (SSSR count). The third-order valence-electron chi connectivity index (χ3n) is 1.67. The van der Waals surface area contributed by atoms with E-state index in [1.54, 1.807) is 24.3 Å². The maximum atomic E-state index is 10.8. The number of amides is 1. The summed E-state index contributed by atoms with van der Waals surface area (Å²) < 4.78 is 0. The monoisotopic (exact) mass is 204 g/mol. The van der Waals surface area contributed by atoms with E-state index >= 15 is 0 Å². The topological polar surface area (TPSA) is 69.2 Å². The molecule has 1 amide bonds. The van der Waals surface area contributed by atoms with Crippen LogP contribution in [0.3, 0.4) is 0 Å². The van der Waals surface area contributed by atoms with E-state index in [1.165, 1.54) is 13.0 Å². The first-order chi connectivity index (χ1) is 7.09. The van der Waals surface area contributed by atoms with Gasteiger partial charge in [0, 0.05) is 12.6 Å². The average molecular weight is 204 g/mol. The fraction of sp³-hybridized carbons (Fsp3) is 0.0909. The fourth-order valence-electron chi connectivity index (χ4n) is 1.10. The number of para-hydroxylation sites is 1. The van der Waals surface area contributed by atoms with E-state index in [9.17, 15) is 14.7 Å². The van der Waals surface area contributed by atoms with Crippen LogP contribution in [0.5, 0.6) is 0 Å². The van der Waals surface area contributed by atoms with Gasteiger partial charge in [-0.25, -0.2) is 0 Å². The first-order valence-corrected chi connectivity index (χ1v) is 4.35. The minimum Gasteiger partial charge on any atom is -0.545 e. The molecule has 4 nitrogen and oxygen atoms in total. The number of carboxylic acids is 1. The van der Waals surface area contributed by atoms with Crippen LogP contribution >= 0.6 is 0 Å². The predicted octanol–water partition coefficient (Wildman–Crippen LogP) is 0.408. The highest BCUT2D eigenvalue weighted by Gasteiger charge is 1.99. The summed E-state index contributed by atoms with van der Waals surface area (Å²) in [6.07, 6.45) is 2.29. The van der Waals surface area contributed by atoms with Crippen molar-refractivity contribution in [2.24, 2.45) is 0 Å². The fourth-order valence-corrected chi connectivity index (χ4v) is 1.10. The summed E-state index contributed by atoms with van der Waals surface area (Å²) >= 11 is 0. The van der Waals surface area contributed by atoms with Gasteiger partial charge in [-0.15, -0.1) is 0 Å². The van der Waals surface area contributed by atoms with E-state index in [0.717, 1.165) is 6.08 Å². The van der Waals surface area contributed by atoms with Crippen molar-refractivity contribution in [2.45, 2.75) is 6.92 Å². The number of carbonyl (C=O) groups is 2. The van der Waals surface area contributed by atoms with Gasteiger partial charge in [0.15, 0.2) is 0 Å². The standard InChI is InChI=1S/C11H11NO3/c1-8(13)12-10-5-3-2-4-9(10)6-7-11(14)15/h2-7H,1H3,(H,12,13)(H,14,15)/p-1/b7-6+. The third kappa shape index (κ3) is 3.64. The van der Waals surface area contributed by atoms with Crippen molar-refractivity contribution in [3.8, 4) is 0 Å². The molecule has 0 heterocycles. The van der Waals surface area contributed by atoms with Crippen LogP contribution < -0.4 is 10.4 Å². The molecule has 1 aromatic rings. The molecular weight excluding hydrogens is 194 g/mol. The second kappa shape index (κ2) is 4.95. The Hall–Kier alpha value is -2.10. The van der Waals surface area contributed by atoms with Crippen molar-refractivity contribution in [3.05, 3.63) is 35.9 Å². The van der Waals surface area contributed by atoms with Crippen LogP contribution in [0.4, 0.5) is 5.69 Å². The van der Waals surface area contributed by atoms with Gasteiger partial charge in [-0.3, -0.25) is 4.79 Å². The normalized spacial score (nSPS) is 10.2. The van der Waals surface area contributed by atoms with Crippen LogP contribution in [0.1, 0.15) is 12.5 Å². The summed E-state index contributed by atoms with van der Waals surface area (Å²) in [5.41, 5.74) is 1.19. The molecule has 0 aliphatic carbocycles. The Kier molecular flexibility index (Phi) is 3.62. The van der Waals surface area contributed by atoms with Gasteiger partial charge in [0.05, 0.1) is 5.97 Å². The molecule has 78 valence electrons. The van der Waals surface area contributed by atoms with Gasteiger partial charge in [-0.1, -0.05) is 24.3 Å². The number of aliphatic carboxylic acids is 1. The van der Waals surface area contributed by atoms with E-state index < -0.39 is 5.97 Å². The van der Waals surface area contributed by atoms with Crippen molar-refractivity contribution in [1.82, 2.24) is 0 Å². The van der Waals surface area contributed by atoms with Crippen LogP contribution in [0.15, 0.2) is 30.3 Å². The van der Waals surface area contributed by atoms with Crippen LogP contribution in [0, 0.1) is 0 Å². The number of hydrogen-bond acceptors (Lipinski definition) is 3. The number of benzene rings is 1. The molecule has 1 N–H and O–H groups in total. The highest BCUT2D eigenvalue weighted by molar-refractivity contribution is 5.92. The molecule has 0 aromatic heterocycles. The third-order valence-corrected chi connectivity index (χ3v) is 1.67. The number of carbonyl (C=O) groups excluding carboxylic acids is 2. The second-order valence-corrected chi connectivity index (χ2v) is 2.92. The number of nitrogens with one attached hydrogen (secondary N) is 1. The zero-order chi connectivity index (χ0) is 11.3. The second-order valence-electron chi connectivity index (χ2n) is 2.92. The van der Waals surface area contributed by atoms with Gasteiger partial charge < -0.3 is 15.2 Å². The lowest BCUT2D eigenvalue weighted by Gasteiger charge is -2.05. The lowest BCUT2D eigenvalue weighted by Crippen LogP contribution is -2.18. The SMILES string of the molecule is CC(=O)Nc1ccccc1/C=C/C(=O)[O-]. The zero-order valence-electron chi connectivity index (χ0n) is 8.19. The Morgan fingerprint density at radius 1 is 1.33 bits per heavy atom. The molecule has 0 unspecified atom stereocenters. The summed E-state index contributed by atoms with van der Waals surface area (Å²) in [5, 5.41) is 12.8. The largest absolute Gasteiger partial charge is 0.545 e. The molecule has 0 fully saturated rings. The lowest BCUT2D eigenvalue weighted by atomic mass is 10.1. The van der Waals surface area contributed by atoms with Crippen molar-refractivity contribution in [3.63, 3.8) is 0 Å². The molecule has 0 atom stereocenters. The van der Waals surface area contributed by atoms with Crippen LogP contribution in [0.2, 0.25) is 0 Å². The Morgan fingerprint density at radius 2 is 2.00 bits per heavy atom. The van der Waals surface area contributed by atoms with Crippen molar-refractivity contribution in [1.29, 1.82) is 0 Å². The van der Waals surface area contributed by atoms with Crippen molar-refractivity contribution in [2.75, 3.05) is 5.32 Å². The Bertz CT molecular complexity index is 410. The molecule has 0 spiro atoms. The van der Waals surface area contributed by atoms with Gasteiger partial charge in [0.2, 0.25) is 5.91 Å². The molecule has 0 bridgehead atoms. The summed E-state index contributed by atoms with van der Waals surface area (Å²) in [6.45, 7) is 1.39. The first-order valence-electron chi connectivity index (χ1n) is 4.35. The highest BCUT2D eigenvalue weighted by Crippen LogP contribution is 2.16. The Morgan fingerprint density at radius 3 is 2.60 bits per heavy atom. The molecule has 0 aliphatic rings. The Balaban J connectivity index is 2.95. The van der Waals surface area contributed by atoms with E-state index in [4.69, 9.17) is 0 Å². The number of carboxylic acid groups (broad SMARTS) is 1. The number of rotatable bonds is 3. The van der Waals surface area contributed by atoms with Crippen molar-refractivity contribution < 1.29 is 14.7 Å². The predicted molar refractivity (Wildman–Crippen MR) is 54.8 cm³/mol. The highest BCUT2D eigenvalue weighted by atomic mass is 16.4. The summed E-state index contributed by atoms with van der Waals surface area (Å²) in [7, 11) is 0. The molecule has 0 saturated carbocycles. The van der Waals surface area contributed by atoms with Gasteiger partial charge >= 0.3 is 0 Å². The van der Waals surface area contributed by atoms with E-state index in [0.29, 0.717) is 11.3 Å². The zero-order valence-corrected chi connectivity index (χ0v) is 8.19. The van der Waals surface area contributed by atoms with Gasteiger partial charge in [0.25, 0.3) is 0 Å². The maximum Gasteiger partial charge on any atom is 0.221 e. The van der Waals surface area contributed by atoms with Gasteiger partial charge in [-0.05, 0) is 17.7 Å². The van der Waals surface area contributed by atoms with Gasteiger partial charge in [0.1, 0.15) is 0 Å². The van der Waals surface area contributed by atoms with Crippen LogP contribution in [-0.4, -0.2) is 11.9 Å². The first kappa shape index (κ1) is 11.0. The average Bonchev–Trinajstić information content (AvgIpc) is 2.15. The van der Waals surface area contributed by atoms with E-state index in [1.807, 2.05) is 0 Å². The van der Waals surface area contributed by atoms with Crippen LogP contribution in [0.25, 0.3) is 6.08 Å². The van der Waals surface area contributed by atoms with Gasteiger partial charge in [-0.2, -0.15) is 0 Å². The molecule has 15 heavy (non-hydrogen) atoms. The molecule has 0 radical (unpaired) electrons. The summed E-state index contributed by atoms with van der Waals surface area (Å²) in [4.78, 5) is 21.1. The Labute approximate surface area is 87.2 Å². The molecule has 4 heteroatoms. The molecular formula is C11H10NO3-. The lowest BCUT2D eigenvalue weighted by molar-refractivity contribution is -0.297. The number of hydrogen-bond donors (Lipinski definition) is 1. The minimum atomic E-state index is -1.27. The summed E-state index contributed by atoms with van der Waals surface area (Å²) in [6, 6.07) is 6.89. The molecule has 0 aliphatic heterocycles. The maximum absolute atomic E-state index is 10.8. The van der Waals surface area contributed by atoms with E-state index in [2.05, 4.69) is 5.32 Å². The molecule has 1 aromatic carbocycles. The van der Waals surface area contributed by atoms with Crippen LogP contribution in [-0.2, 0) is 9.59 Å². The summed E-state index contributed by atoms with van der Waals surface area (Å²) in [5.74, 6) is -1.48. The molecule has 0 saturated heterocycles. The van der Waals surface area contributed by atoms with Crippen molar-refractivity contribution >= 4 is 23.6 Å². The number of anilines is 1. The van der Waals surface area contributed by atoms with E-state index in [-0.39, 0.29) is 5.91 Å². The minimum absolute atomic E-state index is 0.204. The smallest absolute Gasteiger partial charge is 0.221 e.